The normalized spacial score (nSPS) is 12.5. The van der Waals surface area contributed by atoms with Crippen molar-refractivity contribution in [3.8, 4) is 0 Å². The van der Waals surface area contributed by atoms with E-state index in [0.29, 0.717) is 19.3 Å². The second-order valence-corrected chi connectivity index (χ2v) is 16.4. The van der Waals surface area contributed by atoms with Gasteiger partial charge in [0.2, 0.25) is 0 Å². The topological polar surface area (TPSA) is 78.9 Å². The molecule has 0 aromatic rings. The van der Waals surface area contributed by atoms with Crippen molar-refractivity contribution in [2.24, 2.45) is 0 Å². The number of ether oxygens (including phenoxy) is 3. The van der Waals surface area contributed by atoms with Gasteiger partial charge in [-0.05, 0) is 57.8 Å². The van der Waals surface area contributed by atoms with E-state index < -0.39 is 6.10 Å². The molecule has 0 radical (unpaired) electrons. The first-order chi connectivity index (χ1) is 29.0. The first-order valence-electron chi connectivity index (χ1n) is 24.8. The number of hydrogen-bond acceptors (Lipinski definition) is 6. The van der Waals surface area contributed by atoms with Gasteiger partial charge in [0, 0.05) is 19.3 Å². The second kappa shape index (κ2) is 47.8. The summed E-state index contributed by atoms with van der Waals surface area (Å²) in [6, 6.07) is 0. The molecule has 0 amide bonds. The molecule has 0 N–H and O–H groups in total. The van der Waals surface area contributed by atoms with Crippen LogP contribution in [0.1, 0.15) is 239 Å². The molecular formula is C53H92O6. The maximum Gasteiger partial charge on any atom is 0.306 e. The number of rotatable bonds is 44. The van der Waals surface area contributed by atoms with Crippen molar-refractivity contribution < 1.29 is 28.6 Å². The molecule has 6 heteroatoms. The summed E-state index contributed by atoms with van der Waals surface area (Å²) in [7, 11) is 0. The van der Waals surface area contributed by atoms with Crippen LogP contribution in [0, 0.1) is 0 Å². The summed E-state index contributed by atoms with van der Waals surface area (Å²) >= 11 is 0. The molecule has 0 aromatic heterocycles. The molecule has 0 bridgehead atoms. The highest BCUT2D eigenvalue weighted by molar-refractivity contribution is 5.71. The predicted octanol–water partition coefficient (Wildman–Crippen LogP) is 16.1. The number of allylic oxidation sites excluding steroid dienone is 10. The lowest BCUT2D eigenvalue weighted by atomic mass is 10.0. The quantitative estimate of drug-likeness (QED) is 0.0263. The molecule has 0 aliphatic heterocycles. The van der Waals surface area contributed by atoms with E-state index in [0.717, 1.165) is 77.0 Å². The lowest BCUT2D eigenvalue weighted by molar-refractivity contribution is -0.167. The Morgan fingerprint density at radius 3 is 1.03 bits per heavy atom. The van der Waals surface area contributed by atoms with Crippen molar-refractivity contribution in [1.82, 2.24) is 0 Å². The van der Waals surface area contributed by atoms with Gasteiger partial charge in [-0.1, -0.05) is 223 Å². The molecule has 1 atom stereocenters. The number of carbonyl (C=O) groups excluding carboxylic acids is 3. The van der Waals surface area contributed by atoms with Gasteiger partial charge in [-0.25, -0.2) is 0 Å². The number of esters is 3. The monoisotopic (exact) mass is 825 g/mol. The summed E-state index contributed by atoms with van der Waals surface area (Å²) in [5.41, 5.74) is 0. The highest BCUT2D eigenvalue weighted by atomic mass is 16.6. The van der Waals surface area contributed by atoms with Gasteiger partial charge >= 0.3 is 17.9 Å². The molecule has 0 fully saturated rings. The van der Waals surface area contributed by atoms with Crippen molar-refractivity contribution >= 4 is 17.9 Å². The zero-order valence-electron chi connectivity index (χ0n) is 38.8. The molecule has 0 spiro atoms. The minimum atomic E-state index is -0.791. The molecule has 0 aliphatic carbocycles. The standard InChI is InChI=1S/C53H92O6/c1-4-7-10-13-16-18-20-22-24-26-28-30-32-34-37-40-43-46-52(55)58-49-50(48-57-51(54)45-42-39-36-15-12-9-6-3)59-53(56)47-44-41-38-35-33-31-29-27-25-23-21-19-17-14-11-8-5-2/h7,10,16,18,22,24,28,30,34,37,50H,4-6,8-9,11-15,17,19-21,23,25-27,29,31-33,35-36,38-49H2,1-3H3/b10-7-,18-16-,24-22-,30-28-,37-34-. The van der Waals surface area contributed by atoms with E-state index in [1.807, 2.05) is 0 Å². The number of carbonyl (C=O) groups is 3. The number of unbranched alkanes of at least 4 members (excludes halogenated alkanes) is 23. The van der Waals surface area contributed by atoms with Gasteiger partial charge in [-0.2, -0.15) is 0 Å². The van der Waals surface area contributed by atoms with Gasteiger partial charge in [0.25, 0.3) is 0 Å². The van der Waals surface area contributed by atoms with Crippen LogP contribution in [0.3, 0.4) is 0 Å². The summed E-state index contributed by atoms with van der Waals surface area (Å²) in [6.07, 6.45) is 58.0. The van der Waals surface area contributed by atoms with Crippen LogP contribution >= 0.6 is 0 Å². The average Bonchev–Trinajstić information content (AvgIpc) is 3.23. The third kappa shape index (κ3) is 46.0. The second-order valence-electron chi connectivity index (χ2n) is 16.4. The molecule has 59 heavy (non-hydrogen) atoms. The van der Waals surface area contributed by atoms with E-state index in [1.54, 1.807) is 0 Å². The van der Waals surface area contributed by atoms with E-state index in [-0.39, 0.29) is 37.5 Å². The van der Waals surface area contributed by atoms with Crippen molar-refractivity contribution in [3.05, 3.63) is 60.8 Å². The van der Waals surface area contributed by atoms with Gasteiger partial charge in [-0.3, -0.25) is 14.4 Å². The van der Waals surface area contributed by atoms with Crippen LogP contribution in [-0.2, 0) is 28.6 Å². The van der Waals surface area contributed by atoms with Gasteiger partial charge in [0.1, 0.15) is 13.2 Å². The summed E-state index contributed by atoms with van der Waals surface area (Å²) in [5.74, 6) is -0.953. The van der Waals surface area contributed by atoms with Crippen LogP contribution in [0.2, 0.25) is 0 Å². The molecule has 0 rings (SSSR count). The third-order valence-electron chi connectivity index (χ3n) is 10.5. The predicted molar refractivity (Wildman–Crippen MR) is 251 cm³/mol. The molecule has 0 aliphatic rings. The fraction of sp³-hybridized carbons (Fsp3) is 0.755. The zero-order valence-corrected chi connectivity index (χ0v) is 38.8. The Morgan fingerprint density at radius 2 is 0.661 bits per heavy atom. The Labute approximate surface area is 364 Å². The summed E-state index contributed by atoms with van der Waals surface area (Å²) in [6.45, 7) is 6.44. The summed E-state index contributed by atoms with van der Waals surface area (Å²) in [5, 5.41) is 0. The molecule has 6 nitrogen and oxygen atoms in total. The lowest BCUT2D eigenvalue weighted by Crippen LogP contribution is -2.30. The van der Waals surface area contributed by atoms with Gasteiger partial charge in [0.05, 0.1) is 0 Å². The first-order valence-corrected chi connectivity index (χ1v) is 24.8. The largest absolute Gasteiger partial charge is 0.462 e. The van der Waals surface area contributed by atoms with Crippen LogP contribution in [0.4, 0.5) is 0 Å². The molecular weight excluding hydrogens is 733 g/mol. The zero-order chi connectivity index (χ0) is 43.0. The minimum absolute atomic E-state index is 0.0898. The van der Waals surface area contributed by atoms with Crippen molar-refractivity contribution in [2.45, 2.75) is 245 Å². The summed E-state index contributed by atoms with van der Waals surface area (Å²) < 4.78 is 16.7. The lowest BCUT2D eigenvalue weighted by Gasteiger charge is -2.18. The van der Waals surface area contributed by atoms with Crippen LogP contribution in [-0.4, -0.2) is 37.2 Å². The Hall–Kier alpha value is -2.89. The molecule has 0 saturated heterocycles. The first kappa shape index (κ1) is 56.1. The highest BCUT2D eigenvalue weighted by Gasteiger charge is 2.19. The van der Waals surface area contributed by atoms with Gasteiger partial charge < -0.3 is 14.2 Å². The molecule has 0 aromatic carbocycles. The van der Waals surface area contributed by atoms with Crippen LogP contribution in [0.15, 0.2) is 60.8 Å². The Bertz CT molecular complexity index is 1090. The molecule has 0 heterocycles. The van der Waals surface area contributed by atoms with Crippen LogP contribution in [0.5, 0.6) is 0 Å². The van der Waals surface area contributed by atoms with E-state index in [1.165, 1.54) is 116 Å². The van der Waals surface area contributed by atoms with E-state index in [2.05, 4.69) is 81.5 Å². The molecule has 1 unspecified atom stereocenters. The maximum atomic E-state index is 12.7. The smallest absolute Gasteiger partial charge is 0.306 e. The number of hydrogen-bond donors (Lipinski definition) is 0. The summed E-state index contributed by atoms with van der Waals surface area (Å²) in [4.78, 5) is 37.7. The highest BCUT2D eigenvalue weighted by Crippen LogP contribution is 2.15. The maximum absolute atomic E-state index is 12.7. The Balaban J connectivity index is 4.34. The van der Waals surface area contributed by atoms with Gasteiger partial charge in [-0.15, -0.1) is 0 Å². The average molecular weight is 825 g/mol. The van der Waals surface area contributed by atoms with E-state index in [4.69, 9.17) is 14.2 Å². The fourth-order valence-corrected chi connectivity index (χ4v) is 6.83. The van der Waals surface area contributed by atoms with Crippen LogP contribution in [0.25, 0.3) is 0 Å². The molecule has 0 saturated carbocycles. The van der Waals surface area contributed by atoms with Crippen molar-refractivity contribution in [3.63, 3.8) is 0 Å². The fourth-order valence-electron chi connectivity index (χ4n) is 6.83. The Morgan fingerprint density at radius 1 is 0.356 bits per heavy atom. The van der Waals surface area contributed by atoms with E-state index >= 15 is 0 Å². The SMILES string of the molecule is CC/C=C\C/C=C\C/C=C\C/C=C\C/C=C\CCCC(=O)OCC(COC(=O)CCCCCCCCC)OC(=O)CCCCCCCCCCCCCCCCCCC. The van der Waals surface area contributed by atoms with Crippen molar-refractivity contribution in [1.29, 1.82) is 0 Å². The minimum Gasteiger partial charge on any atom is -0.462 e. The Kier molecular flexibility index (Phi) is 45.4. The van der Waals surface area contributed by atoms with Crippen molar-refractivity contribution in [2.75, 3.05) is 13.2 Å². The van der Waals surface area contributed by atoms with E-state index in [9.17, 15) is 14.4 Å². The van der Waals surface area contributed by atoms with Crippen LogP contribution < -0.4 is 0 Å². The van der Waals surface area contributed by atoms with Gasteiger partial charge in [0.15, 0.2) is 6.10 Å². The molecule has 340 valence electrons. The third-order valence-corrected chi connectivity index (χ3v) is 10.5.